The van der Waals surface area contributed by atoms with Crippen LogP contribution in [0.3, 0.4) is 0 Å². The molecule has 0 saturated carbocycles. The van der Waals surface area contributed by atoms with Crippen LogP contribution >= 0.6 is 0 Å². The van der Waals surface area contributed by atoms with Crippen LogP contribution in [0.15, 0.2) is 67.3 Å². The Morgan fingerprint density at radius 2 is 1.93 bits per heavy atom. The summed E-state index contributed by atoms with van der Waals surface area (Å²) in [5, 5.41) is 3.19. The number of ether oxygens (including phenoxy) is 1. The maximum Gasteiger partial charge on any atom is 0.270 e. The number of hydrogen-bond acceptors (Lipinski definition) is 5. The fourth-order valence-corrected chi connectivity index (χ4v) is 3.50. The topological polar surface area (TPSA) is 72.3 Å². The fourth-order valence-electron chi connectivity index (χ4n) is 3.50. The van der Waals surface area contributed by atoms with Gasteiger partial charge in [0.1, 0.15) is 17.8 Å². The minimum atomic E-state index is -0.166. The summed E-state index contributed by atoms with van der Waals surface area (Å²) < 4.78 is 7.24. The van der Waals surface area contributed by atoms with Crippen molar-refractivity contribution in [2.24, 2.45) is 0 Å². The van der Waals surface area contributed by atoms with Crippen molar-refractivity contribution in [1.82, 2.24) is 24.8 Å². The van der Waals surface area contributed by atoms with E-state index in [4.69, 9.17) is 4.74 Å². The predicted molar refractivity (Wildman–Crippen MR) is 110 cm³/mol. The Bertz CT molecular complexity index is 908. The second-order valence-corrected chi connectivity index (χ2v) is 7.12. The molecule has 0 bridgehead atoms. The molecule has 1 aromatic carbocycles. The molecule has 1 aliphatic rings. The second-order valence-electron chi connectivity index (χ2n) is 7.12. The molecule has 1 N–H and O–H groups in total. The minimum Gasteiger partial charge on any atom is -0.379 e. The first-order valence-electron chi connectivity index (χ1n) is 9.88. The Kier molecular flexibility index (Phi) is 6.29. The van der Waals surface area contributed by atoms with Crippen LogP contribution < -0.4 is 5.32 Å². The summed E-state index contributed by atoms with van der Waals surface area (Å²) in [6.45, 7) is 4.03. The number of benzene rings is 1. The average Bonchev–Trinajstić information content (AvgIpc) is 3.30. The second kappa shape index (κ2) is 9.45. The number of nitrogens with zero attached hydrogens (tertiary/aromatic N) is 4. The van der Waals surface area contributed by atoms with Gasteiger partial charge in [-0.1, -0.05) is 36.4 Å². The van der Waals surface area contributed by atoms with Gasteiger partial charge >= 0.3 is 0 Å². The first kappa shape index (κ1) is 19.3. The van der Waals surface area contributed by atoms with Gasteiger partial charge in [0.05, 0.1) is 13.2 Å². The summed E-state index contributed by atoms with van der Waals surface area (Å²) in [5.74, 6) is 0.504. The van der Waals surface area contributed by atoms with E-state index in [1.54, 1.807) is 29.4 Å². The van der Waals surface area contributed by atoms with Crippen molar-refractivity contribution in [2.75, 3.05) is 32.8 Å². The number of imidazole rings is 1. The number of amides is 1. The molecule has 3 aromatic rings. The van der Waals surface area contributed by atoms with Gasteiger partial charge in [0.15, 0.2) is 0 Å². The Hall–Kier alpha value is -3.03. The molecule has 0 radical (unpaired) electrons. The number of hydrogen-bond donors (Lipinski definition) is 1. The normalized spacial score (nSPS) is 15.7. The third kappa shape index (κ3) is 5.28. The van der Waals surface area contributed by atoms with E-state index in [1.165, 1.54) is 5.56 Å². The summed E-state index contributed by atoms with van der Waals surface area (Å²) in [6.07, 6.45) is 5.93. The molecule has 1 aliphatic heterocycles. The van der Waals surface area contributed by atoms with Crippen LogP contribution in [0.4, 0.5) is 0 Å². The highest BCUT2D eigenvalue weighted by atomic mass is 16.5. The molecule has 150 valence electrons. The Labute approximate surface area is 170 Å². The van der Waals surface area contributed by atoms with E-state index < -0.39 is 0 Å². The maximum atomic E-state index is 13.0. The van der Waals surface area contributed by atoms with Crippen molar-refractivity contribution < 1.29 is 9.53 Å². The quantitative estimate of drug-likeness (QED) is 0.666. The molecular formula is C22H25N5O2. The van der Waals surface area contributed by atoms with Gasteiger partial charge in [0.2, 0.25) is 0 Å². The van der Waals surface area contributed by atoms with Gasteiger partial charge in [-0.05, 0) is 24.1 Å². The lowest BCUT2D eigenvalue weighted by Gasteiger charge is -2.31. The number of nitrogens with one attached hydrogen (secondary N) is 1. The van der Waals surface area contributed by atoms with Crippen LogP contribution in [-0.2, 0) is 11.2 Å². The summed E-state index contributed by atoms with van der Waals surface area (Å²) in [7, 11) is 0. The van der Waals surface area contributed by atoms with E-state index in [-0.39, 0.29) is 11.9 Å². The predicted octanol–water partition coefficient (Wildman–Crippen LogP) is 1.94. The van der Waals surface area contributed by atoms with Gasteiger partial charge in [-0.3, -0.25) is 14.3 Å². The molecule has 7 heteroatoms. The van der Waals surface area contributed by atoms with Gasteiger partial charge in [-0.25, -0.2) is 9.97 Å². The van der Waals surface area contributed by atoms with Crippen molar-refractivity contribution in [3.05, 3.63) is 78.5 Å². The zero-order valence-corrected chi connectivity index (χ0v) is 16.3. The van der Waals surface area contributed by atoms with Gasteiger partial charge in [0, 0.05) is 38.1 Å². The van der Waals surface area contributed by atoms with Crippen molar-refractivity contribution in [1.29, 1.82) is 0 Å². The summed E-state index contributed by atoms with van der Waals surface area (Å²) >= 11 is 0. The molecule has 3 heterocycles. The SMILES string of the molecule is O=C(NC(Cc1ccccc1)CN1CCOCC1)c1cccc(-n2ccnc2)n1. The number of pyridine rings is 1. The third-order valence-electron chi connectivity index (χ3n) is 4.98. The molecule has 4 rings (SSSR count). The zero-order chi connectivity index (χ0) is 19.9. The van der Waals surface area contributed by atoms with E-state index in [9.17, 15) is 4.79 Å². The lowest BCUT2D eigenvalue weighted by atomic mass is 10.0. The largest absolute Gasteiger partial charge is 0.379 e. The molecule has 1 fully saturated rings. The van der Waals surface area contributed by atoms with Gasteiger partial charge < -0.3 is 10.1 Å². The van der Waals surface area contributed by atoms with E-state index in [2.05, 4.69) is 32.3 Å². The third-order valence-corrected chi connectivity index (χ3v) is 4.98. The van der Waals surface area contributed by atoms with Crippen LogP contribution in [0.5, 0.6) is 0 Å². The highest BCUT2D eigenvalue weighted by Gasteiger charge is 2.20. The Morgan fingerprint density at radius 1 is 1.10 bits per heavy atom. The van der Waals surface area contributed by atoms with Crippen LogP contribution in [-0.4, -0.2) is 64.2 Å². The molecule has 1 amide bonds. The van der Waals surface area contributed by atoms with Crippen molar-refractivity contribution in [3.63, 3.8) is 0 Å². The maximum absolute atomic E-state index is 13.0. The first-order valence-corrected chi connectivity index (χ1v) is 9.88. The monoisotopic (exact) mass is 391 g/mol. The molecule has 2 aromatic heterocycles. The van der Waals surface area contributed by atoms with Gasteiger partial charge in [0.25, 0.3) is 5.91 Å². The molecular weight excluding hydrogens is 366 g/mol. The van der Waals surface area contributed by atoms with Crippen LogP contribution in [0, 0.1) is 0 Å². The van der Waals surface area contributed by atoms with Crippen LogP contribution in [0.1, 0.15) is 16.1 Å². The number of carbonyl (C=O) groups excluding carboxylic acids is 1. The highest BCUT2D eigenvalue weighted by molar-refractivity contribution is 5.92. The van der Waals surface area contributed by atoms with Crippen molar-refractivity contribution >= 4 is 5.91 Å². The zero-order valence-electron chi connectivity index (χ0n) is 16.3. The molecule has 0 spiro atoms. The van der Waals surface area contributed by atoms with Crippen molar-refractivity contribution in [2.45, 2.75) is 12.5 Å². The molecule has 0 aliphatic carbocycles. The van der Waals surface area contributed by atoms with Crippen LogP contribution in [0.25, 0.3) is 5.82 Å². The van der Waals surface area contributed by atoms with Crippen LogP contribution in [0.2, 0.25) is 0 Å². The van der Waals surface area contributed by atoms with Crippen molar-refractivity contribution in [3.8, 4) is 5.82 Å². The van der Waals surface area contributed by atoms with E-state index in [1.807, 2.05) is 30.3 Å². The lowest BCUT2D eigenvalue weighted by Crippen LogP contribution is -2.48. The number of rotatable bonds is 7. The Morgan fingerprint density at radius 3 is 2.69 bits per heavy atom. The number of carbonyl (C=O) groups is 1. The summed E-state index contributed by atoms with van der Waals surface area (Å²) in [5.41, 5.74) is 1.60. The molecule has 1 unspecified atom stereocenters. The lowest BCUT2D eigenvalue weighted by molar-refractivity contribution is 0.0333. The molecule has 7 nitrogen and oxygen atoms in total. The van der Waals surface area contributed by atoms with E-state index in [0.717, 1.165) is 39.3 Å². The number of aromatic nitrogens is 3. The van der Waals surface area contributed by atoms with Gasteiger partial charge in [-0.15, -0.1) is 0 Å². The number of morpholine rings is 1. The standard InChI is InChI=1S/C22H25N5O2/c28-22(20-7-4-8-21(25-20)27-10-9-23-17-27)24-19(15-18-5-2-1-3-6-18)16-26-11-13-29-14-12-26/h1-10,17,19H,11-16H2,(H,24,28). The highest BCUT2D eigenvalue weighted by Crippen LogP contribution is 2.09. The molecule has 1 saturated heterocycles. The molecule has 29 heavy (non-hydrogen) atoms. The van der Waals surface area contributed by atoms with E-state index in [0.29, 0.717) is 11.5 Å². The summed E-state index contributed by atoms with van der Waals surface area (Å²) in [4.78, 5) is 23.8. The smallest absolute Gasteiger partial charge is 0.270 e. The van der Waals surface area contributed by atoms with E-state index >= 15 is 0 Å². The van der Waals surface area contributed by atoms with Gasteiger partial charge in [-0.2, -0.15) is 0 Å². The molecule has 1 atom stereocenters. The fraction of sp³-hybridized carbons (Fsp3) is 0.318. The Balaban J connectivity index is 1.48. The average molecular weight is 391 g/mol. The minimum absolute atomic E-state index is 0.0123. The first-order chi connectivity index (χ1) is 14.3. The summed E-state index contributed by atoms with van der Waals surface area (Å²) in [6, 6.07) is 15.7.